The predicted molar refractivity (Wildman–Crippen MR) is 122 cm³/mol. The molecule has 34 heavy (non-hydrogen) atoms. The number of halogens is 1. The third-order valence-electron chi connectivity index (χ3n) is 7.28. The van der Waals surface area contributed by atoms with E-state index in [1.165, 1.54) is 18.3 Å². The number of fused-ring (bicyclic) bond motifs is 2. The highest BCUT2D eigenvalue weighted by Crippen LogP contribution is 2.45. The van der Waals surface area contributed by atoms with Gasteiger partial charge in [0.05, 0.1) is 18.3 Å². The van der Waals surface area contributed by atoms with Gasteiger partial charge in [0.15, 0.2) is 0 Å². The van der Waals surface area contributed by atoms with Crippen molar-refractivity contribution in [3.05, 3.63) is 65.3 Å². The monoisotopic (exact) mass is 463 g/mol. The first-order valence-corrected chi connectivity index (χ1v) is 11.9. The van der Waals surface area contributed by atoms with E-state index in [-0.39, 0.29) is 17.5 Å². The van der Waals surface area contributed by atoms with Gasteiger partial charge in [0, 0.05) is 35.3 Å². The van der Waals surface area contributed by atoms with Gasteiger partial charge < -0.3 is 19.3 Å². The first-order chi connectivity index (χ1) is 16.6. The maximum absolute atomic E-state index is 13.8. The molecule has 1 saturated carbocycles. The molecule has 2 aliphatic heterocycles. The van der Waals surface area contributed by atoms with Crippen molar-refractivity contribution in [2.45, 2.75) is 69.2 Å². The molecule has 2 saturated heterocycles. The third-order valence-corrected chi connectivity index (χ3v) is 7.28. The van der Waals surface area contributed by atoms with Crippen molar-refractivity contribution in [1.29, 1.82) is 0 Å². The topological polar surface area (TPSA) is 88.7 Å². The SMILES string of the molecule is O=C(O)c1ccc(N2C3CC[C@H]2CC(OCc2c(-c4cccc(F)c4)noc2C2CC2)C3)nc1. The molecule has 0 amide bonds. The number of piperidine rings is 1. The lowest BCUT2D eigenvalue weighted by molar-refractivity contribution is 0.0146. The van der Waals surface area contributed by atoms with Crippen molar-refractivity contribution >= 4 is 11.8 Å². The van der Waals surface area contributed by atoms with E-state index in [0.29, 0.717) is 35.9 Å². The number of hydrogen-bond donors (Lipinski definition) is 1. The molecule has 2 bridgehead atoms. The number of rotatable bonds is 7. The number of carbonyl (C=O) groups is 1. The molecule has 3 aromatic rings. The molecule has 3 aliphatic rings. The summed E-state index contributed by atoms with van der Waals surface area (Å²) >= 11 is 0. The number of carboxylic acids is 1. The second-order valence-corrected chi connectivity index (χ2v) is 9.57. The van der Waals surface area contributed by atoms with Gasteiger partial charge in [-0.15, -0.1) is 0 Å². The summed E-state index contributed by atoms with van der Waals surface area (Å²) in [6.07, 6.45) is 7.62. The minimum absolute atomic E-state index is 0.106. The predicted octanol–water partition coefficient (Wildman–Crippen LogP) is 5.17. The van der Waals surface area contributed by atoms with Gasteiger partial charge in [0.1, 0.15) is 23.1 Å². The Morgan fingerprint density at radius 3 is 2.59 bits per heavy atom. The van der Waals surface area contributed by atoms with Crippen LogP contribution in [0.1, 0.15) is 66.1 Å². The van der Waals surface area contributed by atoms with Crippen molar-refractivity contribution in [2.75, 3.05) is 4.90 Å². The average Bonchev–Trinajstić information content (AvgIpc) is 3.54. The molecular weight excluding hydrogens is 437 g/mol. The standard InChI is InChI=1S/C26H26FN3O4/c27-18-3-1-2-16(10-18)24-22(25(34-29-24)15-4-5-15)14-33-21-11-19-7-8-20(12-21)30(19)23-9-6-17(13-28-23)26(31)32/h1-3,6,9-10,13,15,19-21H,4-5,7-8,11-12,14H2,(H,31,32)/t19-,20?,21?/m0/s1. The highest BCUT2D eigenvalue weighted by Gasteiger charge is 2.42. The Morgan fingerprint density at radius 2 is 1.94 bits per heavy atom. The van der Waals surface area contributed by atoms with Gasteiger partial charge in [0.25, 0.3) is 0 Å². The number of ether oxygens (including phenoxy) is 1. The zero-order chi connectivity index (χ0) is 23.2. The quantitative estimate of drug-likeness (QED) is 0.517. The summed E-state index contributed by atoms with van der Waals surface area (Å²) in [5, 5.41) is 13.4. The van der Waals surface area contributed by atoms with Gasteiger partial charge in [-0.05, 0) is 62.8 Å². The average molecular weight is 464 g/mol. The smallest absolute Gasteiger partial charge is 0.337 e. The Bertz CT molecular complexity index is 1190. The number of nitrogens with zero attached hydrogens (tertiary/aromatic N) is 3. The zero-order valence-corrected chi connectivity index (χ0v) is 18.7. The molecule has 7 nitrogen and oxygen atoms in total. The molecule has 6 rings (SSSR count). The number of anilines is 1. The number of benzene rings is 1. The molecule has 0 radical (unpaired) electrons. The van der Waals surface area contributed by atoms with Crippen LogP contribution in [0.5, 0.6) is 0 Å². The molecule has 1 aromatic carbocycles. The second-order valence-electron chi connectivity index (χ2n) is 9.57. The van der Waals surface area contributed by atoms with E-state index in [1.54, 1.807) is 18.2 Å². The Kier molecular flexibility index (Phi) is 5.32. The molecule has 0 spiro atoms. The van der Waals surface area contributed by atoms with E-state index in [0.717, 1.165) is 55.7 Å². The molecule has 2 unspecified atom stereocenters. The molecule has 8 heteroatoms. The van der Waals surface area contributed by atoms with Crippen molar-refractivity contribution in [2.24, 2.45) is 0 Å². The van der Waals surface area contributed by atoms with Gasteiger partial charge in [-0.2, -0.15) is 0 Å². The molecule has 1 aliphatic carbocycles. The Morgan fingerprint density at radius 1 is 1.15 bits per heavy atom. The van der Waals surface area contributed by atoms with Crippen molar-refractivity contribution in [3.63, 3.8) is 0 Å². The summed E-state index contributed by atoms with van der Waals surface area (Å²) in [6, 6.07) is 10.5. The number of aromatic nitrogens is 2. The molecule has 1 N–H and O–H groups in total. The van der Waals surface area contributed by atoms with Crippen LogP contribution in [-0.4, -0.2) is 39.4 Å². The van der Waals surface area contributed by atoms with Crippen LogP contribution < -0.4 is 4.90 Å². The zero-order valence-electron chi connectivity index (χ0n) is 18.7. The molecule has 3 fully saturated rings. The van der Waals surface area contributed by atoms with Crippen LogP contribution >= 0.6 is 0 Å². The maximum atomic E-state index is 13.8. The molecule has 176 valence electrons. The van der Waals surface area contributed by atoms with Crippen LogP contribution in [0, 0.1) is 5.82 Å². The van der Waals surface area contributed by atoms with E-state index >= 15 is 0 Å². The first-order valence-electron chi connectivity index (χ1n) is 11.9. The van der Waals surface area contributed by atoms with Crippen LogP contribution in [0.3, 0.4) is 0 Å². The summed E-state index contributed by atoms with van der Waals surface area (Å²) in [7, 11) is 0. The summed E-state index contributed by atoms with van der Waals surface area (Å²) in [4.78, 5) is 17.9. The number of aromatic carboxylic acids is 1. The highest BCUT2D eigenvalue weighted by molar-refractivity contribution is 5.87. The minimum Gasteiger partial charge on any atom is -0.478 e. The van der Waals surface area contributed by atoms with Crippen molar-refractivity contribution < 1.29 is 23.6 Å². The number of hydrogen-bond acceptors (Lipinski definition) is 6. The molecule has 2 aromatic heterocycles. The van der Waals surface area contributed by atoms with Gasteiger partial charge in [0.2, 0.25) is 0 Å². The fourth-order valence-corrected chi connectivity index (χ4v) is 5.49. The van der Waals surface area contributed by atoms with E-state index in [1.807, 2.05) is 6.07 Å². The fraction of sp³-hybridized carbons (Fsp3) is 0.423. The van der Waals surface area contributed by atoms with Crippen LogP contribution in [0.25, 0.3) is 11.3 Å². The van der Waals surface area contributed by atoms with Gasteiger partial charge >= 0.3 is 5.97 Å². The third kappa shape index (κ3) is 3.96. The van der Waals surface area contributed by atoms with E-state index < -0.39 is 5.97 Å². The lowest BCUT2D eigenvalue weighted by atomic mass is 9.99. The molecule has 4 heterocycles. The molecule has 3 atom stereocenters. The van der Waals surface area contributed by atoms with Gasteiger partial charge in [-0.1, -0.05) is 17.3 Å². The van der Waals surface area contributed by atoms with E-state index in [4.69, 9.17) is 14.4 Å². The lowest BCUT2D eigenvalue weighted by Gasteiger charge is -2.39. The van der Waals surface area contributed by atoms with Gasteiger partial charge in [-0.25, -0.2) is 14.2 Å². The Balaban J connectivity index is 1.17. The second kappa shape index (κ2) is 8.51. The summed E-state index contributed by atoms with van der Waals surface area (Å²) < 4.78 is 26.0. The highest BCUT2D eigenvalue weighted by atomic mass is 19.1. The number of pyridine rings is 1. The Hall–Kier alpha value is -3.26. The summed E-state index contributed by atoms with van der Waals surface area (Å²) in [5.74, 6) is 0.827. The van der Waals surface area contributed by atoms with Gasteiger partial charge in [-0.3, -0.25) is 0 Å². The maximum Gasteiger partial charge on any atom is 0.337 e. The van der Waals surface area contributed by atoms with Crippen LogP contribution in [0.4, 0.5) is 10.2 Å². The van der Waals surface area contributed by atoms with Crippen molar-refractivity contribution in [1.82, 2.24) is 10.1 Å². The minimum atomic E-state index is -0.967. The number of carboxylic acid groups (broad SMARTS) is 1. The van der Waals surface area contributed by atoms with Crippen LogP contribution in [-0.2, 0) is 11.3 Å². The lowest BCUT2D eigenvalue weighted by Crippen LogP contribution is -2.46. The van der Waals surface area contributed by atoms with Crippen LogP contribution in [0.2, 0.25) is 0 Å². The fourth-order valence-electron chi connectivity index (χ4n) is 5.49. The van der Waals surface area contributed by atoms with E-state index in [9.17, 15) is 9.18 Å². The molecular formula is C26H26FN3O4. The van der Waals surface area contributed by atoms with Crippen LogP contribution in [0.15, 0.2) is 47.1 Å². The summed E-state index contributed by atoms with van der Waals surface area (Å²) in [5.41, 5.74) is 2.52. The van der Waals surface area contributed by atoms with E-state index in [2.05, 4.69) is 15.0 Å². The first kappa shape index (κ1) is 21.3. The summed E-state index contributed by atoms with van der Waals surface area (Å²) in [6.45, 7) is 0.400. The Labute approximate surface area is 196 Å². The largest absolute Gasteiger partial charge is 0.478 e. The normalized spacial score (nSPS) is 23.9. The van der Waals surface area contributed by atoms with Crippen molar-refractivity contribution in [3.8, 4) is 11.3 Å².